The molecule has 6 nitrogen and oxygen atoms in total. The molecule has 1 atom stereocenters. The van der Waals surface area contributed by atoms with Crippen molar-refractivity contribution in [1.82, 2.24) is 20.9 Å². The molecule has 6 heteroatoms. The average Bonchev–Trinajstić information content (AvgIpc) is 2.49. The highest BCUT2D eigenvalue weighted by molar-refractivity contribution is 5.80. The van der Waals surface area contributed by atoms with Crippen LogP contribution in [0.15, 0.2) is 16.5 Å². The minimum absolute atomic E-state index is 0.224. The molecule has 2 aliphatic rings. The number of hydrogen-bond acceptors (Lipinski definition) is 4. The fourth-order valence-corrected chi connectivity index (χ4v) is 1.33. The van der Waals surface area contributed by atoms with Crippen molar-refractivity contribution < 1.29 is 4.79 Å². The molecule has 0 saturated carbocycles. The molecule has 2 aliphatic heterocycles. The van der Waals surface area contributed by atoms with Crippen LogP contribution < -0.4 is 16.0 Å². The summed E-state index contributed by atoms with van der Waals surface area (Å²) in [5, 5.41) is 8.35. The molecule has 0 aliphatic carbocycles. The number of nitrogens with one attached hydrogen (secondary N) is 3. The fraction of sp³-hybridized carbons (Fsp3) is 0.429. The van der Waals surface area contributed by atoms with Crippen molar-refractivity contribution in [3.63, 3.8) is 0 Å². The van der Waals surface area contributed by atoms with Gasteiger partial charge in [0.1, 0.15) is 11.5 Å². The van der Waals surface area contributed by atoms with Gasteiger partial charge < -0.3 is 15.5 Å². The maximum atomic E-state index is 11.1. The van der Waals surface area contributed by atoms with Crippen LogP contribution in [0.1, 0.15) is 0 Å². The van der Waals surface area contributed by atoms with E-state index in [2.05, 4.69) is 20.9 Å². The predicted octanol–water partition coefficient (Wildman–Crippen LogP) is -1.01. The first-order valence-corrected chi connectivity index (χ1v) is 3.95. The Morgan fingerprint density at radius 3 is 3.00 bits per heavy atom. The van der Waals surface area contributed by atoms with E-state index in [1.807, 2.05) is 19.0 Å². The Morgan fingerprint density at radius 1 is 1.54 bits per heavy atom. The maximum absolute atomic E-state index is 11.1. The number of nitrogens with zero attached hydrogens (tertiary/aromatic N) is 2. The van der Waals surface area contributed by atoms with E-state index >= 15 is 0 Å². The van der Waals surface area contributed by atoms with Crippen LogP contribution in [-0.2, 0) is 0 Å². The topological polar surface area (TPSA) is 68.8 Å². The molecule has 2 heterocycles. The quantitative estimate of drug-likeness (QED) is 0.485. The van der Waals surface area contributed by atoms with Gasteiger partial charge in [0.15, 0.2) is 6.17 Å². The Balaban J connectivity index is 2.35. The van der Waals surface area contributed by atoms with Gasteiger partial charge in [0.05, 0.1) is 6.34 Å². The minimum Gasteiger partial charge on any atom is -0.363 e. The summed E-state index contributed by atoms with van der Waals surface area (Å²) in [5.74, 6) is 0.756. The van der Waals surface area contributed by atoms with Crippen molar-refractivity contribution in [3.8, 4) is 0 Å². The molecule has 0 aromatic carbocycles. The number of carbonyl (C=O) groups excluding carboxylic acids is 1. The fourth-order valence-electron chi connectivity index (χ4n) is 1.33. The maximum Gasteiger partial charge on any atom is 0.322 e. The number of hydrogen-bond donors (Lipinski definition) is 3. The first-order chi connectivity index (χ1) is 6.18. The van der Waals surface area contributed by atoms with E-state index in [-0.39, 0.29) is 12.2 Å². The van der Waals surface area contributed by atoms with Crippen molar-refractivity contribution in [2.45, 2.75) is 6.17 Å². The van der Waals surface area contributed by atoms with Crippen molar-refractivity contribution >= 4 is 12.4 Å². The van der Waals surface area contributed by atoms with Gasteiger partial charge >= 0.3 is 6.03 Å². The molecular formula is C7H11N5O. The van der Waals surface area contributed by atoms with Crippen molar-refractivity contribution in [1.29, 1.82) is 0 Å². The molecule has 70 valence electrons. The van der Waals surface area contributed by atoms with Gasteiger partial charge in [-0.15, -0.1) is 0 Å². The van der Waals surface area contributed by atoms with E-state index in [0.29, 0.717) is 0 Å². The summed E-state index contributed by atoms with van der Waals surface area (Å²) in [6.07, 6.45) is 1.32. The van der Waals surface area contributed by atoms with E-state index in [1.165, 1.54) is 0 Å². The Hall–Kier alpha value is -1.72. The Bertz CT molecular complexity index is 306. The summed E-state index contributed by atoms with van der Waals surface area (Å²) in [4.78, 5) is 17.0. The molecule has 2 amide bonds. The molecule has 0 bridgehead atoms. The second kappa shape index (κ2) is 2.65. The average molecular weight is 181 g/mol. The third-order valence-electron chi connectivity index (χ3n) is 1.92. The monoisotopic (exact) mass is 181 g/mol. The van der Waals surface area contributed by atoms with Gasteiger partial charge in [-0.05, 0) is 0 Å². The lowest BCUT2D eigenvalue weighted by molar-refractivity contribution is 0.234. The van der Waals surface area contributed by atoms with Gasteiger partial charge in [0.25, 0.3) is 0 Å². The van der Waals surface area contributed by atoms with E-state index in [0.717, 1.165) is 11.5 Å². The van der Waals surface area contributed by atoms with Gasteiger partial charge in [-0.25, -0.2) is 9.79 Å². The van der Waals surface area contributed by atoms with Crippen molar-refractivity contribution in [3.05, 3.63) is 11.5 Å². The Morgan fingerprint density at radius 2 is 2.31 bits per heavy atom. The van der Waals surface area contributed by atoms with Crippen LogP contribution in [0, 0.1) is 0 Å². The van der Waals surface area contributed by atoms with Crippen LogP contribution in [0.4, 0.5) is 4.79 Å². The van der Waals surface area contributed by atoms with E-state index in [4.69, 9.17) is 0 Å². The number of aliphatic imine (C=N–C) groups is 1. The highest BCUT2D eigenvalue weighted by Gasteiger charge is 2.29. The van der Waals surface area contributed by atoms with Crippen molar-refractivity contribution in [2.24, 2.45) is 4.99 Å². The first-order valence-electron chi connectivity index (χ1n) is 3.95. The number of carbonyl (C=O) groups is 1. The predicted molar refractivity (Wildman–Crippen MR) is 47.8 cm³/mol. The normalized spacial score (nSPS) is 24.8. The minimum atomic E-state index is -0.258. The lowest BCUT2D eigenvalue weighted by Crippen LogP contribution is -2.51. The standard InChI is InChI=1S/C7H11N5O/c1-12(2)6-4-5(9-3-8-4)10-7(13)11-6/h3,5H,1-2H3,(H,8,9)(H2,10,11,13). The van der Waals surface area contributed by atoms with Gasteiger partial charge in [-0.2, -0.15) is 0 Å². The second-order valence-electron chi connectivity index (χ2n) is 3.08. The molecule has 0 aromatic heterocycles. The van der Waals surface area contributed by atoms with Gasteiger partial charge in [0.2, 0.25) is 0 Å². The summed E-state index contributed by atoms with van der Waals surface area (Å²) >= 11 is 0. The number of rotatable bonds is 1. The third-order valence-corrected chi connectivity index (χ3v) is 1.92. The number of fused-ring (bicyclic) bond motifs is 1. The first kappa shape index (κ1) is 7.90. The van der Waals surface area contributed by atoms with E-state index in [9.17, 15) is 4.79 Å². The smallest absolute Gasteiger partial charge is 0.322 e. The molecule has 0 radical (unpaired) electrons. The molecular weight excluding hydrogens is 170 g/mol. The van der Waals surface area contributed by atoms with Crippen molar-refractivity contribution in [2.75, 3.05) is 14.1 Å². The SMILES string of the molecule is CN(C)C1=C2NC=NC2NC(=O)N1. The molecule has 0 saturated heterocycles. The second-order valence-corrected chi connectivity index (χ2v) is 3.08. The molecule has 1 unspecified atom stereocenters. The van der Waals surface area contributed by atoms with Crippen LogP contribution >= 0.6 is 0 Å². The molecule has 0 fully saturated rings. The zero-order valence-corrected chi connectivity index (χ0v) is 7.46. The summed E-state index contributed by atoms with van der Waals surface area (Å²) < 4.78 is 0. The van der Waals surface area contributed by atoms with Crippen LogP contribution in [0.2, 0.25) is 0 Å². The molecule has 3 N–H and O–H groups in total. The zero-order chi connectivity index (χ0) is 9.42. The lowest BCUT2D eigenvalue weighted by Gasteiger charge is -2.27. The summed E-state index contributed by atoms with van der Waals surface area (Å²) in [6, 6.07) is -0.224. The number of amides is 2. The molecule has 2 rings (SSSR count). The third kappa shape index (κ3) is 1.20. The Kier molecular flexibility index (Phi) is 1.61. The Labute approximate surface area is 75.7 Å². The van der Waals surface area contributed by atoms with Crippen LogP contribution in [-0.4, -0.2) is 37.5 Å². The zero-order valence-electron chi connectivity index (χ0n) is 7.46. The van der Waals surface area contributed by atoms with E-state index < -0.39 is 0 Å². The summed E-state index contributed by atoms with van der Waals surface area (Å²) in [7, 11) is 3.73. The lowest BCUT2D eigenvalue weighted by atomic mass is 10.3. The largest absolute Gasteiger partial charge is 0.363 e. The highest BCUT2D eigenvalue weighted by Crippen LogP contribution is 2.14. The molecule has 0 aromatic rings. The molecule has 13 heavy (non-hydrogen) atoms. The van der Waals surface area contributed by atoms with Crippen LogP contribution in [0.5, 0.6) is 0 Å². The van der Waals surface area contributed by atoms with E-state index in [1.54, 1.807) is 6.34 Å². The highest BCUT2D eigenvalue weighted by atomic mass is 16.2. The summed E-state index contributed by atoms with van der Waals surface area (Å²) in [5.41, 5.74) is 0.879. The molecule has 0 spiro atoms. The summed E-state index contributed by atoms with van der Waals surface area (Å²) in [6.45, 7) is 0. The van der Waals surface area contributed by atoms with Crippen LogP contribution in [0.3, 0.4) is 0 Å². The van der Waals surface area contributed by atoms with Gasteiger partial charge in [0, 0.05) is 14.1 Å². The van der Waals surface area contributed by atoms with Gasteiger partial charge in [-0.1, -0.05) is 0 Å². The van der Waals surface area contributed by atoms with Gasteiger partial charge in [-0.3, -0.25) is 5.32 Å². The number of urea groups is 1. The van der Waals surface area contributed by atoms with Crippen LogP contribution in [0.25, 0.3) is 0 Å².